The second-order valence-corrected chi connectivity index (χ2v) is 5.77. The number of hydrazine groups is 1. The van der Waals surface area contributed by atoms with Gasteiger partial charge < -0.3 is 5.73 Å². The molecule has 0 aromatic heterocycles. The number of nitrogens with one attached hydrogen (secondary N) is 2. The average molecular weight is 245 g/mol. The van der Waals surface area contributed by atoms with E-state index in [0.717, 1.165) is 5.92 Å². The zero-order chi connectivity index (χ0) is 12.4. The van der Waals surface area contributed by atoms with Crippen LogP contribution in [0.2, 0.25) is 0 Å². The molecule has 0 radical (unpaired) electrons. The van der Waals surface area contributed by atoms with Crippen LogP contribution in [-0.2, 0) is 0 Å². The van der Waals surface area contributed by atoms with Crippen LogP contribution in [0.3, 0.4) is 0 Å². The van der Waals surface area contributed by atoms with Crippen LogP contribution in [0.4, 0.5) is 0 Å². The number of benzene rings is 1. The Balaban J connectivity index is 1.58. The summed E-state index contributed by atoms with van der Waals surface area (Å²) in [6.45, 7) is 0. The first-order valence-electron chi connectivity index (χ1n) is 7.14. The van der Waals surface area contributed by atoms with Crippen LogP contribution in [0.25, 0.3) is 0 Å². The normalized spacial score (nSPS) is 36.7. The van der Waals surface area contributed by atoms with Crippen LogP contribution in [-0.4, -0.2) is 12.1 Å². The summed E-state index contributed by atoms with van der Waals surface area (Å²) in [6.07, 6.45) is 6.14. The molecule has 2 fully saturated rings. The number of nitrogens with two attached hydrogens (primary N) is 1. The lowest BCUT2D eigenvalue weighted by atomic mass is 9.80. The van der Waals surface area contributed by atoms with Gasteiger partial charge in [0.25, 0.3) is 0 Å². The van der Waals surface area contributed by atoms with Crippen LogP contribution in [0.15, 0.2) is 30.3 Å². The molecule has 1 aromatic rings. The summed E-state index contributed by atoms with van der Waals surface area (Å²) in [7, 11) is 0. The summed E-state index contributed by atoms with van der Waals surface area (Å²) >= 11 is 0. The Morgan fingerprint density at radius 1 is 0.944 bits per heavy atom. The zero-order valence-corrected chi connectivity index (χ0v) is 10.8. The minimum Gasteiger partial charge on any atom is -0.328 e. The molecule has 0 amide bonds. The van der Waals surface area contributed by atoms with Crippen molar-refractivity contribution in [3.05, 3.63) is 35.9 Å². The van der Waals surface area contributed by atoms with Crippen molar-refractivity contribution in [2.24, 2.45) is 11.7 Å². The Morgan fingerprint density at radius 3 is 2.39 bits per heavy atom. The summed E-state index contributed by atoms with van der Waals surface area (Å²) in [5.41, 5.74) is 14.3. The van der Waals surface area contributed by atoms with Gasteiger partial charge in [0, 0.05) is 18.1 Å². The maximum atomic E-state index is 5.98. The van der Waals surface area contributed by atoms with Crippen molar-refractivity contribution >= 4 is 0 Å². The minimum atomic E-state index is 0.445. The zero-order valence-electron chi connectivity index (χ0n) is 10.8. The molecule has 1 aliphatic carbocycles. The molecule has 2 atom stereocenters. The van der Waals surface area contributed by atoms with Crippen LogP contribution >= 0.6 is 0 Å². The van der Waals surface area contributed by atoms with Crippen molar-refractivity contribution in [2.75, 3.05) is 0 Å². The Hall–Kier alpha value is -0.900. The second-order valence-electron chi connectivity index (χ2n) is 5.77. The van der Waals surface area contributed by atoms with Gasteiger partial charge in [-0.3, -0.25) is 10.9 Å². The standard InChI is InChI=1S/C15H23N3/c16-13-8-6-12(7-9-13)15-10-14(17-18-15)11-4-2-1-3-5-11/h1-5,12-15,17-18H,6-10,16H2. The predicted molar refractivity (Wildman–Crippen MR) is 73.8 cm³/mol. The number of hydrogen-bond donors (Lipinski definition) is 3. The Labute approximate surface area is 109 Å². The van der Waals surface area contributed by atoms with Gasteiger partial charge in [0.2, 0.25) is 0 Å². The van der Waals surface area contributed by atoms with Gasteiger partial charge in [-0.05, 0) is 43.6 Å². The lowest BCUT2D eigenvalue weighted by molar-refractivity contribution is 0.262. The van der Waals surface area contributed by atoms with E-state index in [1.165, 1.54) is 37.7 Å². The number of hydrogen-bond acceptors (Lipinski definition) is 3. The summed E-state index contributed by atoms with van der Waals surface area (Å²) in [5, 5.41) is 0. The number of rotatable bonds is 2. The highest BCUT2D eigenvalue weighted by Crippen LogP contribution is 2.32. The van der Waals surface area contributed by atoms with E-state index >= 15 is 0 Å². The quantitative estimate of drug-likeness (QED) is 0.748. The maximum absolute atomic E-state index is 5.98. The third-order valence-corrected chi connectivity index (χ3v) is 4.52. The van der Waals surface area contributed by atoms with Gasteiger partial charge in [-0.25, -0.2) is 0 Å². The van der Waals surface area contributed by atoms with Gasteiger partial charge in [0.15, 0.2) is 0 Å². The van der Waals surface area contributed by atoms with E-state index in [9.17, 15) is 0 Å². The highest BCUT2D eigenvalue weighted by atomic mass is 15.4. The fourth-order valence-electron chi connectivity index (χ4n) is 3.34. The molecule has 2 unspecified atom stereocenters. The Morgan fingerprint density at radius 2 is 1.67 bits per heavy atom. The van der Waals surface area contributed by atoms with Crippen LogP contribution in [0, 0.1) is 5.92 Å². The molecule has 1 saturated heterocycles. The van der Waals surface area contributed by atoms with E-state index in [2.05, 4.69) is 41.2 Å². The summed E-state index contributed by atoms with van der Waals surface area (Å²) in [5.74, 6) is 0.797. The first kappa shape index (κ1) is 12.2. The molecule has 4 N–H and O–H groups in total. The van der Waals surface area contributed by atoms with Gasteiger partial charge in [-0.1, -0.05) is 30.3 Å². The van der Waals surface area contributed by atoms with Crippen LogP contribution in [0.5, 0.6) is 0 Å². The molecule has 1 saturated carbocycles. The van der Waals surface area contributed by atoms with Crippen molar-refractivity contribution in [3.8, 4) is 0 Å². The van der Waals surface area contributed by atoms with Crippen LogP contribution < -0.4 is 16.6 Å². The van der Waals surface area contributed by atoms with Crippen LogP contribution in [0.1, 0.15) is 43.7 Å². The third-order valence-electron chi connectivity index (χ3n) is 4.52. The fourth-order valence-corrected chi connectivity index (χ4v) is 3.34. The summed E-state index contributed by atoms with van der Waals surface area (Å²) < 4.78 is 0. The van der Waals surface area contributed by atoms with E-state index in [1.54, 1.807) is 0 Å². The first-order chi connectivity index (χ1) is 8.83. The van der Waals surface area contributed by atoms with Gasteiger partial charge in [-0.15, -0.1) is 0 Å². The fraction of sp³-hybridized carbons (Fsp3) is 0.600. The molecule has 3 nitrogen and oxygen atoms in total. The second kappa shape index (κ2) is 5.39. The third kappa shape index (κ3) is 2.58. The largest absolute Gasteiger partial charge is 0.328 e. The highest BCUT2D eigenvalue weighted by Gasteiger charge is 2.32. The molecule has 1 aromatic carbocycles. The van der Waals surface area contributed by atoms with Crippen molar-refractivity contribution in [3.63, 3.8) is 0 Å². The molecule has 3 heteroatoms. The monoisotopic (exact) mass is 245 g/mol. The molecule has 2 aliphatic rings. The molecule has 98 valence electrons. The molecular formula is C15H23N3. The Kier molecular flexibility index (Phi) is 3.64. The molecule has 3 rings (SSSR count). The van der Waals surface area contributed by atoms with Gasteiger partial charge >= 0.3 is 0 Å². The Bertz CT molecular complexity index is 371. The molecule has 1 heterocycles. The topological polar surface area (TPSA) is 50.1 Å². The van der Waals surface area contributed by atoms with E-state index in [0.29, 0.717) is 18.1 Å². The minimum absolute atomic E-state index is 0.445. The van der Waals surface area contributed by atoms with E-state index < -0.39 is 0 Å². The maximum Gasteiger partial charge on any atom is 0.0477 e. The molecule has 1 aliphatic heterocycles. The average Bonchev–Trinajstić information content (AvgIpc) is 2.90. The van der Waals surface area contributed by atoms with Crippen molar-refractivity contribution in [1.82, 2.24) is 10.9 Å². The highest BCUT2D eigenvalue weighted by molar-refractivity contribution is 5.20. The molecule has 0 bridgehead atoms. The van der Waals surface area contributed by atoms with E-state index in [-0.39, 0.29) is 0 Å². The molecule has 0 spiro atoms. The van der Waals surface area contributed by atoms with Gasteiger partial charge in [-0.2, -0.15) is 0 Å². The van der Waals surface area contributed by atoms with E-state index in [4.69, 9.17) is 5.73 Å². The van der Waals surface area contributed by atoms with E-state index in [1.807, 2.05) is 0 Å². The summed E-state index contributed by atoms with van der Waals surface area (Å²) in [4.78, 5) is 0. The lowest BCUT2D eigenvalue weighted by Gasteiger charge is -2.30. The summed E-state index contributed by atoms with van der Waals surface area (Å²) in [6, 6.07) is 12.2. The smallest absolute Gasteiger partial charge is 0.0477 e. The SMILES string of the molecule is NC1CCC(C2CC(c3ccccc3)NN2)CC1. The van der Waals surface area contributed by atoms with Gasteiger partial charge in [0.1, 0.15) is 0 Å². The van der Waals surface area contributed by atoms with Crippen molar-refractivity contribution < 1.29 is 0 Å². The predicted octanol–water partition coefficient (Wildman–Crippen LogP) is 2.11. The molecule has 18 heavy (non-hydrogen) atoms. The van der Waals surface area contributed by atoms with Crippen molar-refractivity contribution in [1.29, 1.82) is 0 Å². The van der Waals surface area contributed by atoms with Gasteiger partial charge in [0.05, 0.1) is 0 Å². The van der Waals surface area contributed by atoms with Crippen molar-refractivity contribution in [2.45, 2.75) is 50.2 Å². The molecular weight excluding hydrogens is 222 g/mol. The lowest BCUT2D eigenvalue weighted by Crippen LogP contribution is -2.39. The first-order valence-corrected chi connectivity index (χ1v) is 7.14.